The predicted octanol–water partition coefficient (Wildman–Crippen LogP) is 6.37. The van der Waals surface area contributed by atoms with Crippen molar-refractivity contribution in [2.45, 2.75) is 25.6 Å². The van der Waals surface area contributed by atoms with E-state index in [9.17, 15) is 18.0 Å². The first-order valence-corrected chi connectivity index (χ1v) is 11.4. The van der Waals surface area contributed by atoms with E-state index in [0.717, 1.165) is 10.9 Å². The number of aryl methyl sites for hydroxylation is 1. The largest absolute Gasteiger partial charge is 0.481 e. The first-order valence-electron chi connectivity index (χ1n) is 10.6. The number of alkyl halides is 3. The lowest BCUT2D eigenvalue weighted by Gasteiger charge is -2.07. The molecule has 0 atom stereocenters. The van der Waals surface area contributed by atoms with Crippen LogP contribution in [0.15, 0.2) is 65.3 Å². The van der Waals surface area contributed by atoms with E-state index in [1.165, 1.54) is 6.07 Å². The number of hydrogen-bond acceptors (Lipinski definition) is 6. The van der Waals surface area contributed by atoms with Crippen LogP contribution in [-0.2, 0) is 17.5 Å². The van der Waals surface area contributed by atoms with E-state index in [1.807, 2.05) is 6.07 Å². The molecule has 7 nitrogen and oxygen atoms in total. The molecule has 2 aromatic carbocycles. The monoisotopic (exact) mass is 498 g/mol. The van der Waals surface area contributed by atoms with E-state index in [4.69, 9.17) is 9.63 Å². The van der Waals surface area contributed by atoms with Crippen LogP contribution in [0.25, 0.3) is 44.2 Å². The molecule has 0 aliphatic heterocycles. The summed E-state index contributed by atoms with van der Waals surface area (Å²) in [6.45, 7) is 0.463. The van der Waals surface area contributed by atoms with Crippen LogP contribution >= 0.6 is 11.3 Å². The summed E-state index contributed by atoms with van der Waals surface area (Å²) in [5.41, 5.74) is 1.96. The Hall–Kier alpha value is -3.99. The van der Waals surface area contributed by atoms with E-state index in [1.54, 1.807) is 53.3 Å². The third-order valence-electron chi connectivity index (χ3n) is 5.37. The standard InChI is InChI=1S/C24H17F3N4O3S/c25-24(26,27)21-17(14-5-2-1-3-6-14)12-19(35-21)23-29-22(30-34-23)15-8-9-18-16(11-15)13-28-31(18)10-4-7-20(32)33/h1-3,5-6,8-9,11-13H,4,7,10H2,(H,32,33). The molecule has 0 aliphatic carbocycles. The van der Waals surface area contributed by atoms with E-state index in [-0.39, 0.29) is 28.6 Å². The minimum absolute atomic E-state index is 0.00199. The highest BCUT2D eigenvalue weighted by molar-refractivity contribution is 7.16. The minimum Gasteiger partial charge on any atom is -0.481 e. The van der Waals surface area contributed by atoms with Crippen LogP contribution in [-0.4, -0.2) is 31.0 Å². The molecule has 0 fully saturated rings. The van der Waals surface area contributed by atoms with Crippen molar-refractivity contribution in [2.75, 3.05) is 0 Å². The predicted molar refractivity (Wildman–Crippen MR) is 124 cm³/mol. The molecular weight excluding hydrogens is 481 g/mol. The smallest absolute Gasteiger partial charge is 0.426 e. The topological polar surface area (TPSA) is 94.0 Å². The van der Waals surface area contributed by atoms with Gasteiger partial charge in [0, 0.05) is 29.5 Å². The van der Waals surface area contributed by atoms with E-state index in [2.05, 4.69) is 15.2 Å². The summed E-state index contributed by atoms with van der Waals surface area (Å²) in [5.74, 6) is -0.619. The quantitative estimate of drug-likeness (QED) is 0.280. The van der Waals surface area contributed by atoms with Crippen LogP contribution < -0.4 is 0 Å². The van der Waals surface area contributed by atoms with Crippen LogP contribution in [0.5, 0.6) is 0 Å². The van der Waals surface area contributed by atoms with Gasteiger partial charge in [-0.05, 0) is 36.2 Å². The molecule has 3 heterocycles. The maximum atomic E-state index is 13.7. The van der Waals surface area contributed by atoms with Crippen LogP contribution in [0.1, 0.15) is 17.7 Å². The number of aromatic nitrogens is 4. The Balaban J connectivity index is 1.44. The van der Waals surface area contributed by atoms with Crippen molar-refractivity contribution < 1.29 is 27.6 Å². The van der Waals surface area contributed by atoms with Crippen molar-refractivity contribution >= 4 is 28.2 Å². The highest BCUT2D eigenvalue weighted by Crippen LogP contribution is 2.45. The van der Waals surface area contributed by atoms with Crippen LogP contribution in [0.3, 0.4) is 0 Å². The molecule has 0 bridgehead atoms. The summed E-state index contributed by atoms with van der Waals surface area (Å²) >= 11 is 0.562. The zero-order chi connectivity index (χ0) is 24.6. The fraction of sp³-hybridized carbons (Fsp3) is 0.167. The number of carboxylic acids is 1. The van der Waals surface area contributed by atoms with Crippen molar-refractivity contribution in [3.8, 4) is 33.3 Å². The van der Waals surface area contributed by atoms with Gasteiger partial charge in [0.15, 0.2) is 0 Å². The third-order valence-corrected chi connectivity index (χ3v) is 6.54. The normalized spacial score (nSPS) is 11.9. The number of carbonyl (C=O) groups is 1. The van der Waals surface area contributed by atoms with Gasteiger partial charge in [-0.2, -0.15) is 23.3 Å². The number of rotatable bonds is 7. The fourth-order valence-electron chi connectivity index (χ4n) is 3.76. The molecule has 11 heteroatoms. The molecule has 0 aliphatic rings. The Kier molecular flexibility index (Phi) is 5.85. The molecule has 0 saturated carbocycles. The molecule has 0 amide bonds. The van der Waals surface area contributed by atoms with Gasteiger partial charge in [0.2, 0.25) is 5.82 Å². The summed E-state index contributed by atoms with van der Waals surface area (Å²) in [7, 11) is 0. The summed E-state index contributed by atoms with van der Waals surface area (Å²) in [6.07, 6.45) is -2.36. The van der Waals surface area contributed by atoms with Crippen LogP contribution in [0, 0.1) is 0 Å². The SMILES string of the molecule is O=C(O)CCCn1ncc2cc(-c3noc(-c4cc(-c5ccccc5)c(C(F)(F)F)s4)n3)ccc21. The molecule has 35 heavy (non-hydrogen) atoms. The maximum Gasteiger partial charge on any atom is 0.426 e. The molecule has 178 valence electrons. The summed E-state index contributed by atoms with van der Waals surface area (Å²) < 4.78 is 48.2. The Morgan fingerprint density at radius 2 is 1.89 bits per heavy atom. The molecule has 1 N–H and O–H groups in total. The lowest BCUT2D eigenvalue weighted by atomic mass is 10.1. The fourth-order valence-corrected chi connectivity index (χ4v) is 4.73. The van der Waals surface area contributed by atoms with Crippen molar-refractivity contribution in [2.24, 2.45) is 0 Å². The number of halogens is 3. The van der Waals surface area contributed by atoms with Crippen molar-refractivity contribution in [1.82, 2.24) is 19.9 Å². The van der Waals surface area contributed by atoms with Crippen molar-refractivity contribution in [1.29, 1.82) is 0 Å². The lowest BCUT2D eigenvalue weighted by molar-refractivity contribution is -0.137. The van der Waals surface area contributed by atoms with Gasteiger partial charge in [-0.25, -0.2) is 0 Å². The number of benzene rings is 2. The number of aliphatic carboxylic acids is 1. The molecule has 0 saturated heterocycles. The van der Waals surface area contributed by atoms with Crippen molar-refractivity contribution in [3.05, 3.63) is 65.7 Å². The average Bonchev–Trinajstić information content (AvgIpc) is 3.57. The molecule has 3 aromatic heterocycles. The van der Waals surface area contributed by atoms with Gasteiger partial charge in [0.25, 0.3) is 5.89 Å². The number of nitrogens with zero attached hydrogens (tertiary/aromatic N) is 4. The molecular formula is C24H17F3N4O3S. The number of hydrogen-bond donors (Lipinski definition) is 1. The van der Waals surface area contributed by atoms with Gasteiger partial charge < -0.3 is 9.63 Å². The molecule has 5 rings (SSSR count). The zero-order valence-corrected chi connectivity index (χ0v) is 18.8. The Morgan fingerprint density at radius 3 is 2.63 bits per heavy atom. The minimum atomic E-state index is -4.52. The van der Waals surface area contributed by atoms with Crippen LogP contribution in [0.4, 0.5) is 13.2 Å². The van der Waals surface area contributed by atoms with Gasteiger partial charge in [0.1, 0.15) is 4.88 Å². The average molecular weight is 498 g/mol. The molecule has 0 radical (unpaired) electrons. The highest BCUT2D eigenvalue weighted by Gasteiger charge is 2.37. The van der Waals surface area contributed by atoms with E-state index < -0.39 is 17.0 Å². The Bertz CT molecular complexity index is 1510. The second kappa shape index (κ2) is 8.99. The van der Waals surface area contributed by atoms with Gasteiger partial charge in [0.05, 0.1) is 16.6 Å². The summed E-state index contributed by atoms with van der Waals surface area (Å²) in [4.78, 5) is 14.6. The van der Waals surface area contributed by atoms with E-state index in [0.29, 0.717) is 35.4 Å². The maximum absolute atomic E-state index is 13.7. The van der Waals surface area contributed by atoms with Gasteiger partial charge in [-0.1, -0.05) is 35.5 Å². The Morgan fingerprint density at radius 1 is 1.09 bits per heavy atom. The number of fused-ring (bicyclic) bond motifs is 1. The van der Waals surface area contributed by atoms with Gasteiger partial charge in [-0.3, -0.25) is 9.48 Å². The first kappa shape index (κ1) is 22.8. The van der Waals surface area contributed by atoms with Crippen LogP contribution in [0.2, 0.25) is 0 Å². The van der Waals surface area contributed by atoms with E-state index >= 15 is 0 Å². The molecule has 0 unspecified atom stereocenters. The highest BCUT2D eigenvalue weighted by atomic mass is 32.1. The second-order valence-corrected chi connectivity index (χ2v) is 8.83. The number of carboxylic acid groups (broad SMARTS) is 1. The Labute approximate surface area is 200 Å². The molecule has 5 aromatic rings. The summed E-state index contributed by atoms with van der Waals surface area (Å²) in [6, 6.07) is 15.1. The van der Waals surface area contributed by atoms with Gasteiger partial charge >= 0.3 is 12.1 Å². The third kappa shape index (κ3) is 4.67. The summed E-state index contributed by atoms with van der Waals surface area (Å²) in [5, 5.41) is 17.9. The number of thiophene rings is 1. The first-order chi connectivity index (χ1) is 16.8. The van der Waals surface area contributed by atoms with Crippen molar-refractivity contribution in [3.63, 3.8) is 0 Å². The second-order valence-electron chi connectivity index (χ2n) is 7.78. The lowest BCUT2D eigenvalue weighted by Crippen LogP contribution is -2.03. The molecule has 0 spiro atoms. The zero-order valence-electron chi connectivity index (χ0n) is 18.0. The van der Waals surface area contributed by atoms with Gasteiger partial charge in [-0.15, -0.1) is 11.3 Å².